The van der Waals surface area contributed by atoms with Crippen molar-refractivity contribution in [1.29, 1.82) is 0 Å². The second kappa shape index (κ2) is 6.68. The van der Waals surface area contributed by atoms with Crippen LogP contribution in [0.5, 0.6) is 0 Å². The zero-order valence-corrected chi connectivity index (χ0v) is 15.3. The minimum absolute atomic E-state index is 0. The van der Waals surface area contributed by atoms with Gasteiger partial charge >= 0.3 is 6.18 Å². The number of aromatic nitrogens is 1. The molecule has 0 aliphatic heterocycles. The number of alkyl halides is 3. The second-order valence-electron chi connectivity index (χ2n) is 6.13. The molecule has 0 spiro atoms. The molecule has 0 saturated carbocycles. The maximum atomic E-state index is 13.1. The summed E-state index contributed by atoms with van der Waals surface area (Å²) in [4.78, 5) is 12.0. The molecule has 3 aromatic rings. The molecule has 3 nitrogen and oxygen atoms in total. The van der Waals surface area contributed by atoms with Gasteiger partial charge in [0, 0.05) is 23.5 Å². The molecule has 0 bridgehead atoms. The lowest BCUT2D eigenvalue weighted by molar-refractivity contribution is -0.137. The van der Waals surface area contributed by atoms with Crippen molar-refractivity contribution in [3.8, 4) is 11.1 Å². The van der Waals surface area contributed by atoms with Crippen LogP contribution < -0.4 is 5.73 Å². The summed E-state index contributed by atoms with van der Waals surface area (Å²) in [7, 11) is 1.69. The van der Waals surface area contributed by atoms with E-state index in [0.29, 0.717) is 11.1 Å². The van der Waals surface area contributed by atoms with Crippen LogP contribution in [0.2, 0.25) is 0 Å². The smallest absolute Gasteiger partial charge is 0.364 e. The Bertz CT molecular complexity index is 1010. The number of primary amides is 1. The standard InChI is InChI=1S/C19H17F3N2O.ClH/c1-10-7-8-14-15(11(10)2)16(17(18(23)25)24(14)3)12-5-4-6-13(9-12)19(20,21)22;/h4-9H,1-3H3,(H2,23,25);1H. The van der Waals surface area contributed by atoms with E-state index in [-0.39, 0.29) is 18.1 Å². The molecule has 0 radical (unpaired) electrons. The zero-order chi connectivity index (χ0) is 18.5. The average molecular weight is 383 g/mol. The third-order valence-electron chi connectivity index (χ3n) is 4.61. The van der Waals surface area contributed by atoms with Crippen LogP contribution in [0.4, 0.5) is 13.2 Å². The number of aryl methyl sites for hydroxylation is 3. The highest BCUT2D eigenvalue weighted by Gasteiger charge is 2.31. The fourth-order valence-electron chi connectivity index (χ4n) is 3.22. The van der Waals surface area contributed by atoms with Crippen molar-refractivity contribution in [2.24, 2.45) is 12.8 Å². The Morgan fingerprint density at radius 3 is 2.35 bits per heavy atom. The van der Waals surface area contributed by atoms with Gasteiger partial charge in [0.25, 0.3) is 5.91 Å². The molecule has 3 rings (SSSR count). The third-order valence-corrected chi connectivity index (χ3v) is 4.61. The average Bonchev–Trinajstić information content (AvgIpc) is 2.84. The number of hydrogen-bond donors (Lipinski definition) is 1. The van der Waals surface area contributed by atoms with E-state index in [0.717, 1.165) is 34.2 Å². The Kier molecular flexibility index (Phi) is 5.10. The van der Waals surface area contributed by atoms with E-state index >= 15 is 0 Å². The van der Waals surface area contributed by atoms with Crippen molar-refractivity contribution in [3.05, 3.63) is 58.8 Å². The quantitative estimate of drug-likeness (QED) is 0.666. The topological polar surface area (TPSA) is 48.0 Å². The number of amides is 1. The van der Waals surface area contributed by atoms with Crippen molar-refractivity contribution in [3.63, 3.8) is 0 Å². The van der Waals surface area contributed by atoms with Gasteiger partial charge in [0.2, 0.25) is 0 Å². The SMILES string of the molecule is Cc1ccc2c(c1C)c(-c1cccc(C(F)(F)F)c1)c(C(N)=O)n2C.Cl. The van der Waals surface area contributed by atoms with Crippen LogP contribution in [-0.2, 0) is 13.2 Å². The van der Waals surface area contributed by atoms with E-state index in [1.807, 2.05) is 26.0 Å². The van der Waals surface area contributed by atoms with Crippen molar-refractivity contribution < 1.29 is 18.0 Å². The first-order valence-corrected chi connectivity index (χ1v) is 7.69. The minimum atomic E-state index is -4.46. The highest BCUT2D eigenvalue weighted by Crippen LogP contribution is 2.39. The van der Waals surface area contributed by atoms with E-state index in [9.17, 15) is 18.0 Å². The van der Waals surface area contributed by atoms with Crippen molar-refractivity contribution in [1.82, 2.24) is 4.57 Å². The summed E-state index contributed by atoms with van der Waals surface area (Å²) < 4.78 is 41.0. The first-order valence-electron chi connectivity index (χ1n) is 7.69. The van der Waals surface area contributed by atoms with Crippen molar-refractivity contribution >= 4 is 29.2 Å². The lowest BCUT2D eigenvalue weighted by Gasteiger charge is -2.10. The van der Waals surface area contributed by atoms with E-state index in [1.165, 1.54) is 6.07 Å². The predicted molar refractivity (Wildman–Crippen MR) is 98.6 cm³/mol. The summed E-state index contributed by atoms with van der Waals surface area (Å²) in [5.41, 5.74) is 8.40. The van der Waals surface area contributed by atoms with Gasteiger partial charge in [-0.25, -0.2) is 0 Å². The summed E-state index contributed by atoms with van der Waals surface area (Å²) in [6, 6.07) is 8.74. The van der Waals surface area contributed by atoms with Crippen LogP contribution in [0.25, 0.3) is 22.0 Å². The molecule has 138 valence electrons. The monoisotopic (exact) mass is 382 g/mol. The fraction of sp³-hybridized carbons (Fsp3) is 0.211. The van der Waals surface area contributed by atoms with E-state index in [4.69, 9.17) is 5.73 Å². The number of benzene rings is 2. The first kappa shape index (κ1) is 19.8. The molecule has 1 aromatic heterocycles. The van der Waals surface area contributed by atoms with E-state index in [2.05, 4.69) is 0 Å². The molecule has 1 heterocycles. The van der Waals surface area contributed by atoms with Gasteiger partial charge in [-0.05, 0) is 48.7 Å². The lowest BCUT2D eigenvalue weighted by Crippen LogP contribution is -2.16. The van der Waals surface area contributed by atoms with Gasteiger partial charge in [0.15, 0.2) is 0 Å². The Hall–Kier alpha value is -2.47. The van der Waals surface area contributed by atoms with E-state index in [1.54, 1.807) is 17.7 Å². The number of carbonyl (C=O) groups is 1. The number of halogens is 4. The Morgan fingerprint density at radius 2 is 1.77 bits per heavy atom. The van der Waals surface area contributed by atoms with Gasteiger partial charge in [-0.2, -0.15) is 13.2 Å². The molecule has 0 saturated heterocycles. The van der Waals surface area contributed by atoms with Gasteiger partial charge < -0.3 is 10.3 Å². The van der Waals surface area contributed by atoms with Gasteiger partial charge in [0.1, 0.15) is 5.69 Å². The third kappa shape index (κ3) is 3.05. The largest absolute Gasteiger partial charge is 0.416 e. The summed E-state index contributed by atoms with van der Waals surface area (Å²) in [6.07, 6.45) is -4.46. The molecule has 0 atom stereocenters. The maximum Gasteiger partial charge on any atom is 0.416 e. The van der Waals surface area contributed by atoms with Crippen LogP contribution in [0.15, 0.2) is 36.4 Å². The van der Waals surface area contributed by atoms with Crippen molar-refractivity contribution in [2.45, 2.75) is 20.0 Å². The number of rotatable bonds is 2. The predicted octanol–water partition coefficient (Wildman–Crippen LogP) is 5.00. The lowest BCUT2D eigenvalue weighted by atomic mass is 9.95. The number of nitrogens with zero attached hydrogens (tertiary/aromatic N) is 1. The summed E-state index contributed by atoms with van der Waals surface area (Å²) >= 11 is 0. The molecule has 0 aliphatic rings. The van der Waals surface area contributed by atoms with Crippen LogP contribution in [0, 0.1) is 13.8 Å². The number of carbonyl (C=O) groups excluding carboxylic acids is 1. The second-order valence-corrected chi connectivity index (χ2v) is 6.13. The first-order chi connectivity index (χ1) is 11.6. The Balaban J connectivity index is 0.00000243. The Labute approximate surface area is 155 Å². The number of hydrogen-bond acceptors (Lipinski definition) is 1. The molecule has 0 aliphatic carbocycles. The van der Waals surface area contributed by atoms with Crippen LogP contribution in [0.3, 0.4) is 0 Å². The number of fused-ring (bicyclic) bond motifs is 1. The molecular formula is C19H18ClF3N2O. The van der Waals surface area contributed by atoms with E-state index < -0.39 is 17.6 Å². The summed E-state index contributed by atoms with van der Waals surface area (Å²) in [5.74, 6) is -0.678. The van der Waals surface area contributed by atoms with Crippen LogP contribution in [-0.4, -0.2) is 10.5 Å². The fourth-order valence-corrected chi connectivity index (χ4v) is 3.22. The normalized spacial score (nSPS) is 11.5. The molecule has 0 unspecified atom stereocenters. The molecule has 2 aromatic carbocycles. The summed E-state index contributed by atoms with van der Waals surface area (Å²) in [6.45, 7) is 3.81. The number of nitrogens with two attached hydrogens (primary N) is 1. The molecule has 1 amide bonds. The van der Waals surface area contributed by atoms with Gasteiger partial charge in [-0.1, -0.05) is 18.2 Å². The zero-order valence-electron chi connectivity index (χ0n) is 14.4. The molecular weight excluding hydrogens is 365 g/mol. The highest BCUT2D eigenvalue weighted by molar-refractivity contribution is 6.11. The molecule has 0 fully saturated rings. The molecule has 7 heteroatoms. The highest BCUT2D eigenvalue weighted by atomic mass is 35.5. The van der Waals surface area contributed by atoms with Gasteiger partial charge in [-0.15, -0.1) is 12.4 Å². The summed E-state index contributed by atoms with van der Waals surface area (Å²) in [5, 5.41) is 0.746. The van der Waals surface area contributed by atoms with Crippen LogP contribution in [0.1, 0.15) is 27.2 Å². The minimum Gasteiger partial charge on any atom is -0.364 e. The van der Waals surface area contributed by atoms with Crippen LogP contribution >= 0.6 is 12.4 Å². The molecule has 2 N–H and O–H groups in total. The Morgan fingerprint density at radius 1 is 1.12 bits per heavy atom. The van der Waals surface area contributed by atoms with Gasteiger partial charge in [0.05, 0.1) is 5.56 Å². The molecule has 26 heavy (non-hydrogen) atoms. The van der Waals surface area contributed by atoms with Crippen molar-refractivity contribution in [2.75, 3.05) is 0 Å². The maximum absolute atomic E-state index is 13.1. The van der Waals surface area contributed by atoms with Gasteiger partial charge in [-0.3, -0.25) is 4.79 Å².